The predicted octanol–water partition coefficient (Wildman–Crippen LogP) is 2.56. The highest BCUT2D eigenvalue weighted by atomic mass is 32.1. The Morgan fingerprint density at radius 2 is 1.89 bits per heavy atom. The standard InChI is InChI=1S/C14H18N2O2S/c1-2-8-15-14(19)16-9-7-11-10-17-12-5-3-4-6-13(12)18-11/h3-6,10H,2,7-9H2,1H3,(H2,15,16,19). The molecule has 19 heavy (non-hydrogen) atoms. The van der Waals surface area contributed by atoms with E-state index in [0.29, 0.717) is 11.7 Å². The van der Waals surface area contributed by atoms with E-state index in [2.05, 4.69) is 17.6 Å². The van der Waals surface area contributed by atoms with Crippen LogP contribution < -0.4 is 20.1 Å². The predicted molar refractivity (Wildman–Crippen MR) is 79.3 cm³/mol. The summed E-state index contributed by atoms with van der Waals surface area (Å²) in [5.41, 5.74) is 0. The molecular weight excluding hydrogens is 260 g/mol. The topological polar surface area (TPSA) is 42.5 Å². The summed E-state index contributed by atoms with van der Waals surface area (Å²) < 4.78 is 11.2. The molecule has 4 nitrogen and oxygen atoms in total. The summed E-state index contributed by atoms with van der Waals surface area (Å²) in [6.45, 7) is 3.71. The maximum atomic E-state index is 5.73. The SMILES string of the molecule is CCCNC(=S)NCCC1=COc2ccccc2O1. The van der Waals surface area contributed by atoms with Gasteiger partial charge in [0.1, 0.15) is 12.0 Å². The third-order valence-corrected chi connectivity index (χ3v) is 2.89. The van der Waals surface area contributed by atoms with Gasteiger partial charge in [-0.25, -0.2) is 0 Å². The number of benzene rings is 1. The van der Waals surface area contributed by atoms with Gasteiger partial charge in [0, 0.05) is 19.5 Å². The van der Waals surface area contributed by atoms with Crippen molar-refractivity contribution in [3.05, 3.63) is 36.3 Å². The van der Waals surface area contributed by atoms with Gasteiger partial charge in [0.2, 0.25) is 0 Å². The first-order valence-electron chi connectivity index (χ1n) is 6.44. The minimum atomic E-state index is 0.680. The Hall–Kier alpha value is -1.75. The van der Waals surface area contributed by atoms with Gasteiger partial charge in [-0.15, -0.1) is 0 Å². The zero-order valence-electron chi connectivity index (χ0n) is 10.9. The molecule has 0 radical (unpaired) electrons. The van der Waals surface area contributed by atoms with Crippen LogP contribution in [0.5, 0.6) is 11.5 Å². The number of hydrogen-bond donors (Lipinski definition) is 2. The van der Waals surface area contributed by atoms with Crippen molar-refractivity contribution in [1.82, 2.24) is 10.6 Å². The van der Waals surface area contributed by atoms with Crippen LogP contribution in [0.4, 0.5) is 0 Å². The Morgan fingerprint density at radius 3 is 2.68 bits per heavy atom. The van der Waals surface area contributed by atoms with Gasteiger partial charge in [0.15, 0.2) is 16.6 Å². The fourth-order valence-corrected chi connectivity index (χ4v) is 1.84. The van der Waals surface area contributed by atoms with Crippen LogP contribution in [0.25, 0.3) is 0 Å². The van der Waals surface area contributed by atoms with Gasteiger partial charge in [-0.2, -0.15) is 0 Å². The zero-order chi connectivity index (χ0) is 13.5. The lowest BCUT2D eigenvalue weighted by atomic mass is 10.3. The van der Waals surface area contributed by atoms with Gasteiger partial charge in [-0.1, -0.05) is 19.1 Å². The molecule has 1 aromatic rings. The first-order chi connectivity index (χ1) is 9.29. The largest absolute Gasteiger partial charge is 0.458 e. The Kier molecular flexibility index (Phi) is 5.03. The summed E-state index contributed by atoms with van der Waals surface area (Å²) in [5, 5.41) is 6.93. The highest BCUT2D eigenvalue weighted by molar-refractivity contribution is 7.80. The minimum Gasteiger partial charge on any atom is -0.458 e. The number of para-hydroxylation sites is 2. The number of ether oxygens (including phenoxy) is 2. The maximum absolute atomic E-state index is 5.73. The molecule has 0 aromatic heterocycles. The van der Waals surface area contributed by atoms with Crippen molar-refractivity contribution in [2.45, 2.75) is 19.8 Å². The van der Waals surface area contributed by atoms with E-state index < -0.39 is 0 Å². The van der Waals surface area contributed by atoms with Crippen LogP contribution in [-0.4, -0.2) is 18.2 Å². The number of fused-ring (bicyclic) bond motifs is 1. The fraction of sp³-hybridized carbons (Fsp3) is 0.357. The van der Waals surface area contributed by atoms with Crippen molar-refractivity contribution in [3.8, 4) is 11.5 Å². The second kappa shape index (κ2) is 6.99. The first kappa shape index (κ1) is 13.7. The molecular formula is C14H18N2O2S. The van der Waals surface area contributed by atoms with Crippen LogP contribution in [-0.2, 0) is 0 Å². The van der Waals surface area contributed by atoms with Gasteiger partial charge < -0.3 is 20.1 Å². The van der Waals surface area contributed by atoms with Crippen molar-refractivity contribution < 1.29 is 9.47 Å². The Morgan fingerprint density at radius 1 is 1.16 bits per heavy atom. The normalized spacial score (nSPS) is 12.6. The third-order valence-electron chi connectivity index (χ3n) is 2.60. The molecule has 5 heteroatoms. The van der Waals surface area contributed by atoms with E-state index in [4.69, 9.17) is 21.7 Å². The van der Waals surface area contributed by atoms with E-state index in [0.717, 1.165) is 36.6 Å². The van der Waals surface area contributed by atoms with Crippen LogP contribution in [0.2, 0.25) is 0 Å². The molecule has 102 valence electrons. The summed E-state index contributed by atoms with van der Waals surface area (Å²) in [4.78, 5) is 0. The molecule has 0 aliphatic carbocycles. The summed E-state index contributed by atoms with van der Waals surface area (Å²) >= 11 is 5.14. The molecule has 0 bridgehead atoms. The second-order valence-corrected chi connectivity index (χ2v) is 4.59. The summed E-state index contributed by atoms with van der Waals surface area (Å²) in [5.74, 6) is 2.30. The van der Waals surface area contributed by atoms with E-state index in [-0.39, 0.29) is 0 Å². The van der Waals surface area contributed by atoms with Gasteiger partial charge in [0.05, 0.1) is 0 Å². The Balaban J connectivity index is 1.74. The maximum Gasteiger partial charge on any atom is 0.169 e. The lowest BCUT2D eigenvalue weighted by molar-refractivity contribution is 0.313. The summed E-state index contributed by atoms with van der Waals surface area (Å²) in [7, 11) is 0. The molecule has 1 aliphatic rings. The van der Waals surface area contributed by atoms with Gasteiger partial charge in [-0.05, 0) is 30.8 Å². The van der Waals surface area contributed by atoms with E-state index in [1.165, 1.54) is 0 Å². The van der Waals surface area contributed by atoms with Crippen LogP contribution in [0.1, 0.15) is 19.8 Å². The molecule has 1 aliphatic heterocycles. The van der Waals surface area contributed by atoms with Crippen molar-refractivity contribution in [1.29, 1.82) is 0 Å². The monoisotopic (exact) mass is 278 g/mol. The van der Waals surface area contributed by atoms with Crippen molar-refractivity contribution in [2.75, 3.05) is 13.1 Å². The zero-order valence-corrected chi connectivity index (χ0v) is 11.8. The van der Waals surface area contributed by atoms with Gasteiger partial charge in [0.25, 0.3) is 0 Å². The van der Waals surface area contributed by atoms with E-state index in [1.807, 2.05) is 24.3 Å². The minimum absolute atomic E-state index is 0.680. The van der Waals surface area contributed by atoms with Crippen molar-refractivity contribution in [2.24, 2.45) is 0 Å². The molecule has 2 N–H and O–H groups in total. The second-order valence-electron chi connectivity index (χ2n) is 4.18. The molecule has 0 fully saturated rings. The highest BCUT2D eigenvalue weighted by Crippen LogP contribution is 2.32. The summed E-state index contributed by atoms with van der Waals surface area (Å²) in [6.07, 6.45) is 3.43. The van der Waals surface area contributed by atoms with E-state index in [9.17, 15) is 0 Å². The highest BCUT2D eigenvalue weighted by Gasteiger charge is 2.12. The molecule has 1 aromatic carbocycles. The molecule has 0 amide bonds. The molecule has 1 heterocycles. The van der Waals surface area contributed by atoms with Crippen molar-refractivity contribution >= 4 is 17.3 Å². The van der Waals surface area contributed by atoms with Gasteiger partial charge >= 0.3 is 0 Å². The van der Waals surface area contributed by atoms with Crippen LogP contribution >= 0.6 is 12.2 Å². The van der Waals surface area contributed by atoms with E-state index >= 15 is 0 Å². The molecule has 0 saturated carbocycles. The average Bonchev–Trinajstić information content (AvgIpc) is 2.45. The van der Waals surface area contributed by atoms with Crippen LogP contribution in [0.3, 0.4) is 0 Å². The molecule has 0 spiro atoms. The third kappa shape index (κ3) is 4.13. The molecule has 2 rings (SSSR count). The fourth-order valence-electron chi connectivity index (χ4n) is 1.64. The average molecular weight is 278 g/mol. The molecule has 0 saturated heterocycles. The van der Waals surface area contributed by atoms with Crippen molar-refractivity contribution in [3.63, 3.8) is 0 Å². The summed E-state index contributed by atoms with van der Waals surface area (Å²) in [6, 6.07) is 7.61. The molecule has 0 unspecified atom stereocenters. The number of thiocarbonyl (C=S) groups is 1. The van der Waals surface area contributed by atoms with Crippen LogP contribution in [0, 0.1) is 0 Å². The molecule has 0 atom stereocenters. The number of nitrogens with one attached hydrogen (secondary N) is 2. The first-order valence-corrected chi connectivity index (χ1v) is 6.84. The Bertz CT molecular complexity index is 474. The van der Waals surface area contributed by atoms with E-state index in [1.54, 1.807) is 6.26 Å². The lowest BCUT2D eigenvalue weighted by Crippen LogP contribution is -2.36. The quantitative estimate of drug-likeness (QED) is 0.810. The van der Waals surface area contributed by atoms with Gasteiger partial charge in [-0.3, -0.25) is 0 Å². The number of hydrogen-bond acceptors (Lipinski definition) is 3. The Labute approximate surface area is 118 Å². The lowest BCUT2D eigenvalue weighted by Gasteiger charge is -2.18. The van der Waals surface area contributed by atoms with Crippen LogP contribution in [0.15, 0.2) is 36.3 Å². The smallest absolute Gasteiger partial charge is 0.169 e. The number of rotatable bonds is 5.